The molecule has 0 spiro atoms. The lowest BCUT2D eigenvalue weighted by Gasteiger charge is -2.27. The van der Waals surface area contributed by atoms with Crippen LogP contribution < -0.4 is 5.32 Å². The van der Waals surface area contributed by atoms with Crippen molar-refractivity contribution in [3.8, 4) is 0 Å². The molecule has 5 heteroatoms. The van der Waals surface area contributed by atoms with Crippen LogP contribution in [0.2, 0.25) is 0 Å². The summed E-state index contributed by atoms with van der Waals surface area (Å²) in [4.78, 5) is 0. The molecule has 0 aliphatic heterocycles. The zero-order chi connectivity index (χ0) is 15.7. The van der Waals surface area contributed by atoms with E-state index >= 15 is 0 Å². The number of nitrogens with one attached hydrogen (secondary N) is 1. The number of hydrogen-bond acceptors (Lipinski definition) is 2. The van der Waals surface area contributed by atoms with Crippen LogP contribution in [0, 0.1) is 0 Å². The third-order valence-electron chi connectivity index (χ3n) is 3.38. The molecule has 1 rings (SSSR count). The fourth-order valence-corrected chi connectivity index (χ4v) is 2.39. The van der Waals surface area contributed by atoms with E-state index in [9.17, 15) is 13.2 Å². The van der Waals surface area contributed by atoms with E-state index in [0.29, 0.717) is 6.42 Å². The van der Waals surface area contributed by atoms with Crippen LogP contribution in [0.3, 0.4) is 0 Å². The van der Waals surface area contributed by atoms with Gasteiger partial charge in [-0.1, -0.05) is 37.3 Å². The highest BCUT2D eigenvalue weighted by Gasteiger charge is 2.28. The van der Waals surface area contributed by atoms with Crippen LogP contribution in [0.25, 0.3) is 0 Å². The standard InChI is InChI=1S/C16H24F3NO/c1-3-12-20-14(10-7-11-16(17,18)19)15(21-2)13-8-5-4-6-9-13/h4-6,8-9,14-15,20H,3,7,10-12H2,1-2H3. The van der Waals surface area contributed by atoms with Gasteiger partial charge in [-0.25, -0.2) is 0 Å². The van der Waals surface area contributed by atoms with Gasteiger partial charge in [0.1, 0.15) is 0 Å². The molecule has 0 amide bonds. The van der Waals surface area contributed by atoms with Gasteiger partial charge in [-0.05, 0) is 31.4 Å². The highest BCUT2D eigenvalue weighted by Crippen LogP contribution is 2.27. The lowest BCUT2D eigenvalue weighted by Crippen LogP contribution is -2.36. The molecule has 0 saturated heterocycles. The van der Waals surface area contributed by atoms with Gasteiger partial charge in [-0.15, -0.1) is 0 Å². The Hall–Kier alpha value is -1.07. The number of rotatable bonds is 9. The maximum Gasteiger partial charge on any atom is 0.389 e. The highest BCUT2D eigenvalue weighted by molar-refractivity contribution is 5.19. The number of halogens is 3. The smallest absolute Gasteiger partial charge is 0.375 e. The second kappa shape index (κ2) is 9.05. The van der Waals surface area contributed by atoms with Crippen molar-refractivity contribution in [3.63, 3.8) is 0 Å². The third kappa shape index (κ3) is 6.96. The summed E-state index contributed by atoms with van der Waals surface area (Å²) in [5.41, 5.74) is 0.987. The molecule has 1 N–H and O–H groups in total. The van der Waals surface area contributed by atoms with Gasteiger partial charge in [-0.2, -0.15) is 13.2 Å². The Balaban J connectivity index is 2.69. The molecule has 0 fully saturated rings. The first-order chi connectivity index (χ1) is 9.98. The van der Waals surface area contributed by atoms with Crippen LogP contribution in [0.15, 0.2) is 30.3 Å². The molecule has 0 radical (unpaired) electrons. The quantitative estimate of drug-likeness (QED) is 0.726. The molecule has 2 unspecified atom stereocenters. The topological polar surface area (TPSA) is 21.3 Å². The van der Waals surface area contributed by atoms with E-state index in [2.05, 4.69) is 5.32 Å². The van der Waals surface area contributed by atoms with Gasteiger partial charge >= 0.3 is 6.18 Å². The Labute approximate surface area is 124 Å². The molecule has 0 bridgehead atoms. The monoisotopic (exact) mass is 303 g/mol. The molecule has 21 heavy (non-hydrogen) atoms. The largest absolute Gasteiger partial charge is 0.389 e. The van der Waals surface area contributed by atoms with E-state index in [1.54, 1.807) is 7.11 Å². The predicted octanol–water partition coefficient (Wildman–Crippen LogP) is 4.47. The minimum absolute atomic E-state index is 0.109. The zero-order valence-corrected chi connectivity index (χ0v) is 12.6. The molecule has 0 aromatic heterocycles. The molecule has 1 aromatic rings. The van der Waals surface area contributed by atoms with Gasteiger partial charge < -0.3 is 10.1 Å². The first-order valence-electron chi connectivity index (χ1n) is 7.35. The Morgan fingerprint density at radius 1 is 1.19 bits per heavy atom. The van der Waals surface area contributed by atoms with Crippen molar-refractivity contribution < 1.29 is 17.9 Å². The van der Waals surface area contributed by atoms with Crippen molar-refractivity contribution in [2.45, 2.75) is 50.9 Å². The SMILES string of the molecule is CCCNC(CCCC(F)(F)F)C(OC)c1ccccc1. The van der Waals surface area contributed by atoms with E-state index < -0.39 is 12.6 Å². The maximum absolute atomic E-state index is 12.3. The Kier molecular flexibility index (Phi) is 7.75. The second-order valence-corrected chi connectivity index (χ2v) is 5.14. The lowest BCUT2D eigenvalue weighted by molar-refractivity contribution is -0.136. The number of hydrogen-bond donors (Lipinski definition) is 1. The van der Waals surface area contributed by atoms with Crippen molar-refractivity contribution in [1.29, 1.82) is 0 Å². The normalized spacial score (nSPS) is 14.9. The molecule has 0 aliphatic rings. The van der Waals surface area contributed by atoms with Gasteiger partial charge in [0.25, 0.3) is 0 Å². The highest BCUT2D eigenvalue weighted by atomic mass is 19.4. The molecule has 0 saturated carbocycles. The molecule has 2 atom stereocenters. The first-order valence-corrected chi connectivity index (χ1v) is 7.35. The summed E-state index contributed by atoms with van der Waals surface area (Å²) >= 11 is 0. The Morgan fingerprint density at radius 2 is 1.86 bits per heavy atom. The second-order valence-electron chi connectivity index (χ2n) is 5.14. The van der Waals surface area contributed by atoms with Crippen molar-refractivity contribution in [2.75, 3.05) is 13.7 Å². The molecular weight excluding hydrogens is 279 g/mol. The maximum atomic E-state index is 12.3. The van der Waals surface area contributed by atoms with E-state index in [-0.39, 0.29) is 18.6 Å². The van der Waals surface area contributed by atoms with E-state index in [1.807, 2.05) is 37.3 Å². The number of methoxy groups -OCH3 is 1. The van der Waals surface area contributed by atoms with E-state index in [0.717, 1.165) is 18.5 Å². The number of benzene rings is 1. The summed E-state index contributed by atoms with van der Waals surface area (Å²) in [5.74, 6) is 0. The van der Waals surface area contributed by atoms with Crippen LogP contribution in [-0.4, -0.2) is 25.9 Å². The fourth-order valence-electron chi connectivity index (χ4n) is 2.39. The van der Waals surface area contributed by atoms with E-state index in [4.69, 9.17) is 4.74 Å². The summed E-state index contributed by atoms with van der Waals surface area (Å²) < 4.78 is 42.5. The summed E-state index contributed by atoms with van der Waals surface area (Å²) in [7, 11) is 1.60. The van der Waals surface area contributed by atoms with Gasteiger partial charge in [0, 0.05) is 19.6 Å². The van der Waals surface area contributed by atoms with Crippen LogP contribution >= 0.6 is 0 Å². The molecular formula is C16H24F3NO. The summed E-state index contributed by atoms with van der Waals surface area (Å²) in [6.07, 6.45) is -3.59. The number of alkyl halides is 3. The molecule has 0 aliphatic carbocycles. The van der Waals surface area contributed by atoms with Gasteiger partial charge in [0.15, 0.2) is 0 Å². The van der Waals surface area contributed by atoms with Crippen molar-refractivity contribution in [2.24, 2.45) is 0 Å². The summed E-state index contributed by atoms with van der Waals surface area (Å²) in [6.45, 7) is 2.80. The lowest BCUT2D eigenvalue weighted by atomic mass is 9.97. The predicted molar refractivity (Wildman–Crippen MR) is 78.2 cm³/mol. The number of ether oxygens (including phenoxy) is 1. The van der Waals surface area contributed by atoms with Crippen LogP contribution in [0.4, 0.5) is 13.2 Å². The van der Waals surface area contributed by atoms with Crippen molar-refractivity contribution in [3.05, 3.63) is 35.9 Å². The molecule has 2 nitrogen and oxygen atoms in total. The van der Waals surface area contributed by atoms with Crippen LogP contribution in [0.5, 0.6) is 0 Å². The molecule has 1 aromatic carbocycles. The van der Waals surface area contributed by atoms with Crippen molar-refractivity contribution >= 4 is 0 Å². The van der Waals surface area contributed by atoms with Gasteiger partial charge in [-0.3, -0.25) is 0 Å². The zero-order valence-electron chi connectivity index (χ0n) is 12.6. The van der Waals surface area contributed by atoms with Crippen molar-refractivity contribution in [1.82, 2.24) is 5.32 Å². The average molecular weight is 303 g/mol. The fraction of sp³-hybridized carbons (Fsp3) is 0.625. The van der Waals surface area contributed by atoms with Gasteiger partial charge in [0.2, 0.25) is 0 Å². The van der Waals surface area contributed by atoms with Crippen LogP contribution in [0.1, 0.15) is 44.3 Å². The minimum Gasteiger partial charge on any atom is -0.375 e. The van der Waals surface area contributed by atoms with Gasteiger partial charge in [0.05, 0.1) is 6.10 Å². The first kappa shape index (κ1) is 18.0. The minimum atomic E-state index is -4.09. The van der Waals surface area contributed by atoms with Crippen LogP contribution in [-0.2, 0) is 4.74 Å². The molecule has 0 heterocycles. The average Bonchev–Trinajstić information content (AvgIpc) is 2.44. The summed E-state index contributed by atoms with van der Waals surface area (Å²) in [6, 6.07) is 9.51. The third-order valence-corrected chi connectivity index (χ3v) is 3.38. The van der Waals surface area contributed by atoms with E-state index in [1.165, 1.54) is 0 Å². The Morgan fingerprint density at radius 3 is 2.38 bits per heavy atom. The Bertz CT molecular complexity index is 381. The molecule has 120 valence electrons. The summed E-state index contributed by atoms with van der Waals surface area (Å²) in [5, 5.41) is 3.31.